The van der Waals surface area contributed by atoms with Crippen LogP contribution in [-0.4, -0.2) is 17.6 Å². The van der Waals surface area contributed by atoms with Crippen LogP contribution in [0.2, 0.25) is 0 Å². The first-order chi connectivity index (χ1) is 12.6. The Balaban J connectivity index is 1.85. The zero-order chi connectivity index (χ0) is 18.5. The lowest BCUT2D eigenvalue weighted by Crippen LogP contribution is -2.23. The Bertz CT molecular complexity index is 932. The molecule has 0 unspecified atom stereocenters. The summed E-state index contributed by atoms with van der Waals surface area (Å²) in [7, 11) is 0. The molecular weight excluding hydrogens is 338 g/mol. The van der Waals surface area contributed by atoms with Crippen LogP contribution in [0.1, 0.15) is 11.1 Å². The van der Waals surface area contributed by atoms with E-state index in [2.05, 4.69) is 5.32 Å². The van der Waals surface area contributed by atoms with Crippen LogP contribution in [0.25, 0.3) is 6.08 Å². The number of nitriles is 1. The van der Waals surface area contributed by atoms with Crippen LogP contribution >= 0.6 is 0 Å². The van der Waals surface area contributed by atoms with Gasteiger partial charge in [-0.05, 0) is 17.7 Å². The standard InChI is InChI=1S/C18H13N3O5/c19-9-14(18(22)20-10-12-4-2-1-3-5-12)6-13-7-16-17(26-11-25-16)8-15(13)21(23)24/h1-8H,10-11H2,(H,20,22)/b14-6+. The molecule has 0 aliphatic carbocycles. The number of nitro benzene ring substituents is 1. The second-order valence-electron chi connectivity index (χ2n) is 5.36. The molecule has 1 heterocycles. The van der Waals surface area contributed by atoms with Crippen molar-refractivity contribution in [2.45, 2.75) is 6.54 Å². The molecule has 0 spiro atoms. The van der Waals surface area contributed by atoms with E-state index in [4.69, 9.17) is 9.47 Å². The molecule has 1 aliphatic heterocycles. The highest BCUT2D eigenvalue weighted by atomic mass is 16.7. The molecule has 1 N–H and O–H groups in total. The van der Waals surface area contributed by atoms with Crippen molar-refractivity contribution in [2.75, 3.05) is 6.79 Å². The number of rotatable bonds is 5. The molecule has 0 saturated heterocycles. The van der Waals surface area contributed by atoms with Gasteiger partial charge < -0.3 is 14.8 Å². The van der Waals surface area contributed by atoms with E-state index < -0.39 is 10.8 Å². The van der Waals surface area contributed by atoms with Crippen LogP contribution in [0.4, 0.5) is 5.69 Å². The largest absolute Gasteiger partial charge is 0.454 e. The van der Waals surface area contributed by atoms with Crippen molar-refractivity contribution in [3.63, 3.8) is 0 Å². The van der Waals surface area contributed by atoms with Crippen molar-refractivity contribution in [2.24, 2.45) is 0 Å². The third kappa shape index (κ3) is 3.62. The molecular formula is C18H13N3O5. The molecule has 1 aliphatic rings. The van der Waals surface area contributed by atoms with Gasteiger partial charge in [0.25, 0.3) is 11.6 Å². The second-order valence-corrected chi connectivity index (χ2v) is 5.36. The summed E-state index contributed by atoms with van der Waals surface area (Å²) in [6.07, 6.45) is 1.17. The normalized spacial score (nSPS) is 12.3. The van der Waals surface area contributed by atoms with E-state index in [1.165, 1.54) is 18.2 Å². The van der Waals surface area contributed by atoms with Gasteiger partial charge in [-0.15, -0.1) is 0 Å². The van der Waals surface area contributed by atoms with E-state index in [0.29, 0.717) is 5.75 Å². The summed E-state index contributed by atoms with van der Waals surface area (Å²) in [5, 5.41) is 23.2. The lowest BCUT2D eigenvalue weighted by molar-refractivity contribution is -0.385. The molecule has 0 aromatic heterocycles. The smallest absolute Gasteiger partial charge is 0.280 e. The predicted molar refractivity (Wildman–Crippen MR) is 91.1 cm³/mol. The lowest BCUT2D eigenvalue weighted by Gasteiger charge is -2.05. The molecule has 0 fully saturated rings. The average molecular weight is 351 g/mol. The van der Waals surface area contributed by atoms with Gasteiger partial charge >= 0.3 is 0 Å². The van der Waals surface area contributed by atoms with Crippen molar-refractivity contribution < 1.29 is 19.2 Å². The van der Waals surface area contributed by atoms with Crippen LogP contribution in [0.15, 0.2) is 48.0 Å². The fraction of sp³-hybridized carbons (Fsp3) is 0.111. The average Bonchev–Trinajstić information content (AvgIpc) is 3.11. The van der Waals surface area contributed by atoms with Gasteiger partial charge in [-0.25, -0.2) is 0 Å². The van der Waals surface area contributed by atoms with Gasteiger partial charge in [0, 0.05) is 6.54 Å². The lowest BCUT2D eigenvalue weighted by atomic mass is 10.1. The Kier molecular flexibility index (Phi) is 4.80. The molecule has 1 amide bonds. The predicted octanol–water partition coefficient (Wildman–Crippen LogP) is 2.55. The van der Waals surface area contributed by atoms with Crippen molar-refractivity contribution in [3.8, 4) is 17.6 Å². The van der Waals surface area contributed by atoms with E-state index in [-0.39, 0.29) is 35.9 Å². The first-order valence-electron chi connectivity index (χ1n) is 7.60. The number of hydrogen-bond donors (Lipinski definition) is 1. The summed E-state index contributed by atoms with van der Waals surface area (Å²) < 4.78 is 10.3. The highest BCUT2D eigenvalue weighted by Crippen LogP contribution is 2.38. The zero-order valence-electron chi connectivity index (χ0n) is 13.5. The minimum Gasteiger partial charge on any atom is -0.454 e. The SMILES string of the molecule is N#C/C(=C\c1cc2c(cc1[N+](=O)[O-])OCO2)C(=O)NCc1ccccc1. The quantitative estimate of drug-likeness (QED) is 0.383. The minimum absolute atomic E-state index is 0.0394. The maximum absolute atomic E-state index is 12.2. The number of benzene rings is 2. The Morgan fingerprint density at radius 3 is 2.62 bits per heavy atom. The number of amides is 1. The monoisotopic (exact) mass is 351 g/mol. The summed E-state index contributed by atoms with van der Waals surface area (Å²) in [5.74, 6) is -0.0481. The Morgan fingerprint density at radius 1 is 1.27 bits per heavy atom. The number of nitro groups is 1. The second kappa shape index (κ2) is 7.36. The zero-order valence-corrected chi connectivity index (χ0v) is 13.5. The highest BCUT2D eigenvalue weighted by Gasteiger charge is 2.23. The summed E-state index contributed by atoms with van der Waals surface area (Å²) in [5.41, 5.74) is 0.429. The van der Waals surface area contributed by atoms with Crippen LogP contribution in [0, 0.1) is 21.4 Å². The molecule has 8 nitrogen and oxygen atoms in total. The molecule has 26 heavy (non-hydrogen) atoms. The molecule has 0 radical (unpaired) electrons. The molecule has 0 bridgehead atoms. The van der Waals surface area contributed by atoms with Crippen LogP contribution in [0.5, 0.6) is 11.5 Å². The van der Waals surface area contributed by atoms with Crippen LogP contribution in [0.3, 0.4) is 0 Å². The van der Waals surface area contributed by atoms with E-state index in [0.717, 1.165) is 5.56 Å². The van der Waals surface area contributed by atoms with E-state index in [9.17, 15) is 20.2 Å². The number of fused-ring (bicyclic) bond motifs is 1. The van der Waals surface area contributed by atoms with Crippen molar-refractivity contribution >= 4 is 17.7 Å². The van der Waals surface area contributed by atoms with Gasteiger partial charge in [0.05, 0.1) is 16.6 Å². The molecule has 0 saturated carbocycles. The van der Waals surface area contributed by atoms with Gasteiger partial charge in [-0.2, -0.15) is 5.26 Å². The van der Waals surface area contributed by atoms with Gasteiger partial charge in [0.1, 0.15) is 11.6 Å². The van der Waals surface area contributed by atoms with Crippen LogP contribution < -0.4 is 14.8 Å². The van der Waals surface area contributed by atoms with Crippen LogP contribution in [-0.2, 0) is 11.3 Å². The summed E-state index contributed by atoms with van der Waals surface area (Å²) in [6.45, 7) is 0.199. The molecule has 130 valence electrons. The Morgan fingerprint density at radius 2 is 1.96 bits per heavy atom. The maximum atomic E-state index is 12.2. The number of carbonyl (C=O) groups excluding carboxylic acids is 1. The van der Waals surface area contributed by atoms with E-state index >= 15 is 0 Å². The van der Waals surface area contributed by atoms with Crippen molar-refractivity contribution in [3.05, 3.63) is 69.3 Å². The Labute approximate surface area is 148 Å². The van der Waals surface area contributed by atoms with Gasteiger partial charge in [0.15, 0.2) is 11.5 Å². The third-order valence-corrected chi connectivity index (χ3v) is 3.68. The maximum Gasteiger partial charge on any atom is 0.280 e. The Hall–Kier alpha value is -3.86. The van der Waals surface area contributed by atoms with Crippen molar-refractivity contribution in [1.29, 1.82) is 5.26 Å². The number of nitrogens with one attached hydrogen (secondary N) is 1. The fourth-order valence-corrected chi connectivity index (χ4v) is 2.40. The first kappa shape index (κ1) is 17.0. The highest BCUT2D eigenvalue weighted by molar-refractivity contribution is 6.02. The third-order valence-electron chi connectivity index (χ3n) is 3.68. The topological polar surface area (TPSA) is 114 Å². The molecule has 0 atom stereocenters. The number of carbonyl (C=O) groups is 1. The van der Waals surface area contributed by atoms with E-state index in [1.807, 2.05) is 30.3 Å². The van der Waals surface area contributed by atoms with Crippen molar-refractivity contribution in [1.82, 2.24) is 5.32 Å². The number of ether oxygens (including phenoxy) is 2. The molecule has 2 aromatic carbocycles. The molecule has 2 aromatic rings. The fourth-order valence-electron chi connectivity index (χ4n) is 2.40. The first-order valence-corrected chi connectivity index (χ1v) is 7.60. The van der Waals surface area contributed by atoms with Gasteiger partial charge in [0.2, 0.25) is 6.79 Å². The summed E-state index contributed by atoms with van der Waals surface area (Å²) >= 11 is 0. The van der Waals surface area contributed by atoms with Gasteiger partial charge in [-0.1, -0.05) is 30.3 Å². The van der Waals surface area contributed by atoms with E-state index in [1.54, 1.807) is 6.07 Å². The molecule has 8 heteroatoms. The summed E-state index contributed by atoms with van der Waals surface area (Å²) in [6, 6.07) is 13.5. The number of hydrogen-bond acceptors (Lipinski definition) is 6. The number of nitrogens with zero attached hydrogens (tertiary/aromatic N) is 2. The summed E-state index contributed by atoms with van der Waals surface area (Å²) in [4.78, 5) is 22.9. The minimum atomic E-state index is -0.622. The van der Waals surface area contributed by atoms with Gasteiger partial charge in [-0.3, -0.25) is 14.9 Å². The molecule has 3 rings (SSSR count).